The Balaban J connectivity index is 1.58. The third-order valence-electron chi connectivity index (χ3n) is 3.37. The van der Waals surface area contributed by atoms with Gasteiger partial charge in [0.15, 0.2) is 0 Å². The molecule has 21 heavy (non-hydrogen) atoms. The lowest BCUT2D eigenvalue weighted by Gasteiger charge is -2.11. The van der Waals surface area contributed by atoms with Crippen LogP contribution in [-0.4, -0.2) is 22.6 Å². The predicted molar refractivity (Wildman–Crippen MR) is 85.2 cm³/mol. The maximum atomic E-state index is 5.84. The summed E-state index contributed by atoms with van der Waals surface area (Å²) >= 11 is 3.47. The lowest BCUT2D eigenvalue weighted by Crippen LogP contribution is -2.17. The summed E-state index contributed by atoms with van der Waals surface area (Å²) in [6.07, 6.45) is 6.91. The number of nitrogens with one attached hydrogen (secondary N) is 1. The van der Waals surface area contributed by atoms with Crippen LogP contribution in [0.1, 0.15) is 24.1 Å². The first-order valence-corrected chi connectivity index (χ1v) is 8.01. The van der Waals surface area contributed by atoms with Gasteiger partial charge in [0, 0.05) is 47.1 Å². The van der Waals surface area contributed by atoms with Crippen LogP contribution in [0.15, 0.2) is 41.1 Å². The third kappa shape index (κ3) is 4.51. The monoisotopic (exact) mass is 347 g/mol. The second kappa shape index (κ2) is 7.00. The molecule has 2 aromatic heterocycles. The quantitative estimate of drug-likeness (QED) is 0.835. The Morgan fingerprint density at radius 3 is 2.95 bits per heavy atom. The van der Waals surface area contributed by atoms with Crippen molar-refractivity contribution in [1.82, 2.24) is 15.3 Å². The fourth-order valence-electron chi connectivity index (χ4n) is 2.07. The van der Waals surface area contributed by atoms with Gasteiger partial charge in [-0.05, 0) is 47.0 Å². The Morgan fingerprint density at radius 2 is 2.19 bits per heavy atom. The minimum atomic E-state index is 0.585. The summed E-state index contributed by atoms with van der Waals surface area (Å²) in [5.74, 6) is 0.710. The molecule has 0 aliphatic heterocycles. The molecule has 1 fully saturated rings. The summed E-state index contributed by atoms with van der Waals surface area (Å²) in [5.41, 5.74) is 2.13. The van der Waals surface area contributed by atoms with Gasteiger partial charge in [-0.3, -0.25) is 4.98 Å². The molecule has 0 bridgehead atoms. The van der Waals surface area contributed by atoms with Gasteiger partial charge < -0.3 is 10.1 Å². The van der Waals surface area contributed by atoms with Gasteiger partial charge in [0.1, 0.15) is 0 Å². The van der Waals surface area contributed by atoms with Crippen molar-refractivity contribution in [1.29, 1.82) is 0 Å². The van der Waals surface area contributed by atoms with Gasteiger partial charge in [0.2, 0.25) is 5.88 Å². The average Bonchev–Trinajstić information content (AvgIpc) is 3.32. The van der Waals surface area contributed by atoms with Crippen LogP contribution in [-0.2, 0) is 13.0 Å². The largest absolute Gasteiger partial charge is 0.477 e. The van der Waals surface area contributed by atoms with E-state index in [1.807, 2.05) is 18.2 Å². The van der Waals surface area contributed by atoms with Crippen molar-refractivity contribution in [3.63, 3.8) is 0 Å². The Morgan fingerprint density at radius 1 is 1.29 bits per heavy atom. The minimum Gasteiger partial charge on any atom is -0.477 e. The van der Waals surface area contributed by atoms with Crippen molar-refractivity contribution in [2.24, 2.45) is 0 Å². The van der Waals surface area contributed by atoms with Crippen LogP contribution in [0, 0.1) is 0 Å². The first kappa shape index (κ1) is 14.5. The number of rotatable bonds is 7. The molecular formula is C16H18BrN3O. The summed E-state index contributed by atoms with van der Waals surface area (Å²) in [5, 5.41) is 3.50. The summed E-state index contributed by atoms with van der Waals surface area (Å²) in [6, 6.07) is 8.66. The SMILES string of the molecule is Brc1cnc(OCCc2ccccn2)c(CNC2CC2)c1. The highest BCUT2D eigenvalue weighted by Gasteiger charge is 2.21. The van der Waals surface area contributed by atoms with Gasteiger partial charge >= 0.3 is 0 Å². The number of hydrogen-bond donors (Lipinski definition) is 1. The molecule has 110 valence electrons. The van der Waals surface area contributed by atoms with Gasteiger partial charge in [-0.25, -0.2) is 4.98 Å². The molecule has 2 heterocycles. The van der Waals surface area contributed by atoms with Crippen molar-refractivity contribution in [2.75, 3.05) is 6.61 Å². The molecule has 2 aromatic rings. The van der Waals surface area contributed by atoms with Gasteiger partial charge in [-0.1, -0.05) is 6.07 Å². The van der Waals surface area contributed by atoms with Crippen LogP contribution in [0.5, 0.6) is 5.88 Å². The smallest absolute Gasteiger partial charge is 0.217 e. The summed E-state index contributed by atoms with van der Waals surface area (Å²) in [6.45, 7) is 1.39. The second-order valence-electron chi connectivity index (χ2n) is 5.19. The fourth-order valence-corrected chi connectivity index (χ4v) is 2.44. The van der Waals surface area contributed by atoms with E-state index >= 15 is 0 Å². The molecule has 3 rings (SSSR count). The van der Waals surface area contributed by atoms with E-state index in [1.165, 1.54) is 12.8 Å². The molecule has 0 spiro atoms. The molecular weight excluding hydrogens is 330 g/mol. The highest BCUT2D eigenvalue weighted by Crippen LogP contribution is 2.23. The van der Waals surface area contributed by atoms with E-state index in [-0.39, 0.29) is 0 Å². The normalized spacial score (nSPS) is 14.1. The van der Waals surface area contributed by atoms with Crippen LogP contribution in [0.3, 0.4) is 0 Å². The molecule has 0 radical (unpaired) electrons. The summed E-state index contributed by atoms with van der Waals surface area (Å²) < 4.78 is 6.82. The molecule has 1 saturated carbocycles. The number of hydrogen-bond acceptors (Lipinski definition) is 4. The number of aromatic nitrogens is 2. The highest BCUT2D eigenvalue weighted by molar-refractivity contribution is 9.10. The maximum absolute atomic E-state index is 5.84. The van der Waals surface area contributed by atoms with E-state index in [4.69, 9.17) is 4.74 Å². The van der Waals surface area contributed by atoms with Crippen molar-refractivity contribution >= 4 is 15.9 Å². The van der Waals surface area contributed by atoms with E-state index in [0.29, 0.717) is 18.5 Å². The molecule has 0 saturated heterocycles. The molecule has 4 nitrogen and oxygen atoms in total. The molecule has 1 aliphatic carbocycles. The van der Waals surface area contributed by atoms with Crippen molar-refractivity contribution in [2.45, 2.75) is 31.8 Å². The molecule has 0 aromatic carbocycles. The van der Waals surface area contributed by atoms with Crippen molar-refractivity contribution in [3.8, 4) is 5.88 Å². The summed E-state index contributed by atoms with van der Waals surface area (Å²) in [4.78, 5) is 8.67. The Labute approximate surface area is 133 Å². The van der Waals surface area contributed by atoms with Gasteiger partial charge in [0.25, 0.3) is 0 Å². The Bertz CT molecular complexity index is 587. The Hall–Kier alpha value is -1.46. The second-order valence-corrected chi connectivity index (χ2v) is 6.11. The zero-order valence-corrected chi connectivity index (χ0v) is 13.3. The molecule has 0 atom stereocenters. The number of pyridine rings is 2. The van der Waals surface area contributed by atoms with Gasteiger partial charge in [-0.15, -0.1) is 0 Å². The van der Waals surface area contributed by atoms with Crippen LogP contribution in [0.4, 0.5) is 0 Å². The number of nitrogens with zero attached hydrogens (tertiary/aromatic N) is 2. The Kier molecular flexibility index (Phi) is 4.83. The van der Waals surface area contributed by atoms with E-state index in [1.54, 1.807) is 12.4 Å². The minimum absolute atomic E-state index is 0.585. The third-order valence-corrected chi connectivity index (χ3v) is 3.81. The average molecular weight is 348 g/mol. The van der Waals surface area contributed by atoms with E-state index in [9.17, 15) is 0 Å². The van der Waals surface area contributed by atoms with Crippen LogP contribution < -0.4 is 10.1 Å². The van der Waals surface area contributed by atoms with Crippen molar-refractivity contribution < 1.29 is 4.74 Å². The predicted octanol–water partition coefficient (Wildman–Crippen LogP) is 3.11. The van der Waals surface area contributed by atoms with Crippen molar-refractivity contribution in [3.05, 3.63) is 52.4 Å². The molecule has 0 amide bonds. The van der Waals surface area contributed by atoms with Crippen LogP contribution >= 0.6 is 15.9 Å². The zero-order valence-electron chi connectivity index (χ0n) is 11.8. The van der Waals surface area contributed by atoms with E-state index in [0.717, 1.165) is 28.7 Å². The van der Waals surface area contributed by atoms with Gasteiger partial charge in [0.05, 0.1) is 6.61 Å². The number of ether oxygens (including phenoxy) is 1. The molecule has 0 unspecified atom stereocenters. The highest BCUT2D eigenvalue weighted by atomic mass is 79.9. The molecule has 1 aliphatic rings. The first-order chi connectivity index (χ1) is 10.3. The maximum Gasteiger partial charge on any atom is 0.217 e. The van der Waals surface area contributed by atoms with Crippen LogP contribution in [0.25, 0.3) is 0 Å². The summed E-state index contributed by atoms with van der Waals surface area (Å²) in [7, 11) is 0. The van der Waals surface area contributed by atoms with Crippen LogP contribution in [0.2, 0.25) is 0 Å². The lowest BCUT2D eigenvalue weighted by atomic mass is 10.2. The lowest BCUT2D eigenvalue weighted by molar-refractivity contribution is 0.303. The number of halogens is 1. The molecule has 1 N–H and O–H groups in total. The van der Waals surface area contributed by atoms with E-state index in [2.05, 4.69) is 37.3 Å². The zero-order chi connectivity index (χ0) is 14.5. The van der Waals surface area contributed by atoms with E-state index < -0.39 is 0 Å². The fraction of sp³-hybridized carbons (Fsp3) is 0.375. The van der Waals surface area contributed by atoms with Gasteiger partial charge in [-0.2, -0.15) is 0 Å². The molecule has 5 heteroatoms. The first-order valence-electron chi connectivity index (χ1n) is 7.22. The standard InChI is InChI=1S/C16H18BrN3O/c17-13-9-12(10-19-15-4-5-15)16(20-11-13)21-8-6-14-3-1-2-7-18-14/h1-3,7,9,11,15,19H,4-6,8,10H2. The topological polar surface area (TPSA) is 47.0 Å².